The predicted molar refractivity (Wildman–Crippen MR) is 102 cm³/mol. The number of ether oxygens (including phenoxy) is 2. The quantitative estimate of drug-likeness (QED) is 0.772. The SMILES string of the molecule is CC(C)(C)OC(=O)N[C@@H](COCc1ccc(-c2ccccc2)cc1)C(=O)O. The lowest BCUT2D eigenvalue weighted by Gasteiger charge is -2.22. The molecule has 2 N–H and O–H groups in total. The molecule has 2 aromatic rings. The van der Waals surface area contributed by atoms with Crippen molar-refractivity contribution in [2.45, 2.75) is 39.0 Å². The molecule has 144 valence electrons. The van der Waals surface area contributed by atoms with E-state index in [4.69, 9.17) is 9.47 Å². The van der Waals surface area contributed by atoms with Crippen molar-refractivity contribution in [2.24, 2.45) is 0 Å². The first-order chi connectivity index (χ1) is 12.7. The van der Waals surface area contributed by atoms with E-state index in [-0.39, 0.29) is 13.2 Å². The highest BCUT2D eigenvalue weighted by molar-refractivity contribution is 5.80. The van der Waals surface area contributed by atoms with E-state index in [2.05, 4.69) is 5.32 Å². The fraction of sp³-hybridized carbons (Fsp3) is 0.333. The summed E-state index contributed by atoms with van der Waals surface area (Å²) in [5, 5.41) is 11.5. The number of hydrogen-bond acceptors (Lipinski definition) is 4. The third kappa shape index (κ3) is 7.11. The van der Waals surface area contributed by atoms with E-state index < -0.39 is 23.7 Å². The second-order valence-electron chi connectivity index (χ2n) is 7.12. The molecule has 0 aliphatic rings. The molecule has 0 aliphatic carbocycles. The average Bonchev–Trinajstić information content (AvgIpc) is 2.60. The van der Waals surface area contributed by atoms with E-state index in [1.165, 1.54) is 0 Å². The number of amides is 1. The molecule has 0 spiro atoms. The molecular formula is C21H25NO5. The van der Waals surface area contributed by atoms with Gasteiger partial charge in [0.05, 0.1) is 13.2 Å². The van der Waals surface area contributed by atoms with Gasteiger partial charge in [0.15, 0.2) is 6.04 Å². The number of rotatable bonds is 7. The van der Waals surface area contributed by atoms with Crippen LogP contribution < -0.4 is 5.32 Å². The van der Waals surface area contributed by atoms with Crippen LogP contribution >= 0.6 is 0 Å². The van der Waals surface area contributed by atoms with Crippen LogP contribution in [-0.2, 0) is 20.9 Å². The molecule has 6 nitrogen and oxygen atoms in total. The van der Waals surface area contributed by atoms with E-state index in [1.807, 2.05) is 54.6 Å². The van der Waals surface area contributed by atoms with Gasteiger partial charge in [-0.1, -0.05) is 54.6 Å². The van der Waals surface area contributed by atoms with Gasteiger partial charge in [-0.15, -0.1) is 0 Å². The van der Waals surface area contributed by atoms with Crippen LogP contribution in [0.3, 0.4) is 0 Å². The zero-order chi connectivity index (χ0) is 19.9. The number of benzene rings is 2. The standard InChI is InChI=1S/C21H25NO5/c1-21(2,3)27-20(25)22-18(19(23)24)14-26-13-15-9-11-17(12-10-15)16-7-5-4-6-8-16/h4-12,18H,13-14H2,1-3H3,(H,22,25)(H,23,24)/t18-/m0/s1. The second kappa shape index (κ2) is 9.19. The first-order valence-electron chi connectivity index (χ1n) is 8.69. The number of carboxylic acids is 1. The van der Waals surface area contributed by atoms with Gasteiger partial charge in [-0.3, -0.25) is 0 Å². The van der Waals surface area contributed by atoms with Crippen LogP contribution in [0, 0.1) is 0 Å². The van der Waals surface area contributed by atoms with E-state index in [0.29, 0.717) is 0 Å². The molecule has 0 fully saturated rings. The molecule has 0 aromatic heterocycles. The first-order valence-corrected chi connectivity index (χ1v) is 8.69. The van der Waals surface area contributed by atoms with E-state index in [9.17, 15) is 14.7 Å². The minimum atomic E-state index is -1.18. The summed E-state index contributed by atoms with van der Waals surface area (Å²) in [5.41, 5.74) is 2.43. The van der Waals surface area contributed by atoms with Crippen LogP contribution in [0.5, 0.6) is 0 Å². The Morgan fingerprint density at radius 1 is 1.00 bits per heavy atom. The average molecular weight is 371 g/mol. The molecule has 2 rings (SSSR count). The zero-order valence-electron chi connectivity index (χ0n) is 15.8. The molecule has 1 amide bonds. The Kier molecular flexibility index (Phi) is 6.96. The largest absolute Gasteiger partial charge is 0.480 e. The normalized spacial score (nSPS) is 12.3. The molecule has 1 atom stereocenters. The summed E-state index contributed by atoms with van der Waals surface area (Å²) >= 11 is 0. The van der Waals surface area contributed by atoms with Crippen LogP contribution in [0.4, 0.5) is 4.79 Å². The number of carbonyl (C=O) groups excluding carboxylic acids is 1. The minimum Gasteiger partial charge on any atom is -0.480 e. The lowest BCUT2D eigenvalue weighted by molar-refractivity contribution is -0.141. The van der Waals surface area contributed by atoms with Gasteiger partial charge in [0.1, 0.15) is 5.60 Å². The van der Waals surface area contributed by atoms with Crippen LogP contribution in [0.25, 0.3) is 11.1 Å². The molecule has 0 saturated heterocycles. The van der Waals surface area contributed by atoms with Gasteiger partial charge < -0.3 is 19.9 Å². The molecule has 0 saturated carbocycles. The Labute approximate surface area is 159 Å². The van der Waals surface area contributed by atoms with Crippen molar-refractivity contribution in [3.63, 3.8) is 0 Å². The van der Waals surface area contributed by atoms with E-state index >= 15 is 0 Å². The number of nitrogens with one attached hydrogen (secondary N) is 1. The smallest absolute Gasteiger partial charge is 0.408 e. The Balaban J connectivity index is 1.86. The van der Waals surface area contributed by atoms with Crippen LogP contribution in [0.2, 0.25) is 0 Å². The summed E-state index contributed by atoms with van der Waals surface area (Å²) in [4.78, 5) is 23.0. The number of carboxylic acid groups (broad SMARTS) is 1. The maximum absolute atomic E-state index is 11.7. The van der Waals surface area contributed by atoms with Gasteiger partial charge in [0.2, 0.25) is 0 Å². The Bertz CT molecular complexity index is 750. The lowest BCUT2D eigenvalue weighted by Crippen LogP contribution is -2.46. The number of aliphatic carboxylic acids is 1. The molecule has 0 heterocycles. The van der Waals surface area contributed by atoms with Gasteiger partial charge in [-0.25, -0.2) is 9.59 Å². The Morgan fingerprint density at radius 3 is 2.15 bits per heavy atom. The number of hydrogen-bond donors (Lipinski definition) is 2. The summed E-state index contributed by atoms with van der Waals surface area (Å²) in [5.74, 6) is -1.18. The van der Waals surface area contributed by atoms with Crippen molar-refractivity contribution >= 4 is 12.1 Å². The maximum atomic E-state index is 11.7. The van der Waals surface area contributed by atoms with Crippen molar-refractivity contribution in [3.8, 4) is 11.1 Å². The van der Waals surface area contributed by atoms with Crippen LogP contribution in [-0.4, -0.2) is 35.4 Å². The predicted octanol–water partition coefficient (Wildman–Crippen LogP) is 3.85. The van der Waals surface area contributed by atoms with Crippen molar-refractivity contribution in [1.82, 2.24) is 5.32 Å². The molecule has 0 radical (unpaired) electrons. The van der Waals surface area contributed by atoms with Crippen molar-refractivity contribution in [3.05, 3.63) is 60.2 Å². The first kappa shape index (κ1) is 20.5. The van der Waals surface area contributed by atoms with Gasteiger partial charge in [-0.05, 0) is 37.5 Å². The maximum Gasteiger partial charge on any atom is 0.408 e. The summed E-state index contributed by atoms with van der Waals surface area (Å²) < 4.78 is 10.5. The molecule has 2 aromatic carbocycles. The summed E-state index contributed by atoms with van der Waals surface area (Å²) in [6.07, 6.45) is -0.786. The van der Waals surface area contributed by atoms with Gasteiger partial charge in [0.25, 0.3) is 0 Å². The highest BCUT2D eigenvalue weighted by atomic mass is 16.6. The number of carbonyl (C=O) groups is 2. The van der Waals surface area contributed by atoms with Crippen molar-refractivity contribution in [1.29, 1.82) is 0 Å². The Morgan fingerprint density at radius 2 is 1.59 bits per heavy atom. The van der Waals surface area contributed by atoms with Crippen LogP contribution in [0.15, 0.2) is 54.6 Å². The fourth-order valence-corrected chi connectivity index (χ4v) is 2.34. The van der Waals surface area contributed by atoms with Gasteiger partial charge >= 0.3 is 12.1 Å². The van der Waals surface area contributed by atoms with Crippen molar-refractivity contribution < 1.29 is 24.2 Å². The second-order valence-corrected chi connectivity index (χ2v) is 7.12. The summed E-state index contributed by atoms with van der Waals surface area (Å²) in [6, 6.07) is 16.7. The Hall–Kier alpha value is -2.86. The third-order valence-electron chi connectivity index (χ3n) is 3.60. The molecule has 27 heavy (non-hydrogen) atoms. The molecule has 0 bridgehead atoms. The highest BCUT2D eigenvalue weighted by Crippen LogP contribution is 2.19. The van der Waals surface area contributed by atoms with Crippen molar-refractivity contribution in [2.75, 3.05) is 6.61 Å². The van der Waals surface area contributed by atoms with E-state index in [0.717, 1.165) is 16.7 Å². The molecule has 6 heteroatoms. The highest BCUT2D eigenvalue weighted by Gasteiger charge is 2.24. The van der Waals surface area contributed by atoms with Gasteiger partial charge in [-0.2, -0.15) is 0 Å². The topological polar surface area (TPSA) is 84.9 Å². The molecular weight excluding hydrogens is 346 g/mol. The molecule has 0 unspecified atom stereocenters. The fourth-order valence-electron chi connectivity index (χ4n) is 2.34. The summed E-state index contributed by atoms with van der Waals surface area (Å²) in [6.45, 7) is 5.21. The molecule has 0 aliphatic heterocycles. The van der Waals surface area contributed by atoms with E-state index in [1.54, 1.807) is 20.8 Å². The monoisotopic (exact) mass is 371 g/mol. The van der Waals surface area contributed by atoms with Crippen LogP contribution in [0.1, 0.15) is 26.3 Å². The van der Waals surface area contributed by atoms with Gasteiger partial charge in [0, 0.05) is 0 Å². The zero-order valence-corrected chi connectivity index (χ0v) is 15.8. The minimum absolute atomic E-state index is 0.158. The summed E-state index contributed by atoms with van der Waals surface area (Å²) in [7, 11) is 0. The lowest BCUT2D eigenvalue weighted by atomic mass is 10.0. The number of alkyl carbamates (subject to hydrolysis) is 1. The third-order valence-corrected chi connectivity index (χ3v) is 3.60.